The zero-order chi connectivity index (χ0) is 18.6. The molecule has 0 aliphatic rings. The predicted molar refractivity (Wildman–Crippen MR) is 50.2 cm³/mol. The van der Waals surface area contributed by atoms with Crippen molar-refractivity contribution in [3.05, 3.63) is 0 Å². The quantitative estimate of drug-likeness (QED) is 0.574. The minimum absolute atomic E-state index is 0.0944. The van der Waals surface area contributed by atoms with Crippen LogP contribution in [0, 0.1) is 5.41 Å². The molecule has 0 nitrogen and oxygen atoms in total. The topological polar surface area (TPSA) is 0 Å². The molecule has 0 saturated heterocycles. The van der Waals surface area contributed by atoms with Crippen molar-refractivity contribution in [2.24, 2.45) is 5.41 Å². The Bertz CT molecular complexity index is 380. The van der Waals surface area contributed by atoms with Crippen LogP contribution in [0.3, 0.4) is 0 Å². The fourth-order valence-corrected chi connectivity index (χ4v) is 1.87. The monoisotopic (exact) mass is 358 g/mol. The molecule has 0 aliphatic carbocycles. The van der Waals surface area contributed by atoms with E-state index in [1.54, 1.807) is 0 Å². The molecule has 134 valence electrons. The summed E-state index contributed by atoms with van der Waals surface area (Å²) in [6.07, 6.45) is -26.2. The van der Waals surface area contributed by atoms with Crippen LogP contribution >= 0.6 is 0 Å². The Morgan fingerprint density at radius 1 is 0.591 bits per heavy atom. The molecule has 0 N–H and O–H groups in total. The molecular formula is C10H10F12. The maximum absolute atomic E-state index is 14.3. The van der Waals surface area contributed by atoms with Crippen LogP contribution in [0.25, 0.3) is 0 Å². The number of hydrogen-bond donors (Lipinski definition) is 0. The molecule has 0 bridgehead atoms. The van der Waals surface area contributed by atoms with E-state index in [4.69, 9.17) is 0 Å². The molecule has 0 aliphatic heterocycles. The molecule has 0 aromatic carbocycles. The zero-order valence-electron chi connectivity index (χ0n) is 11.1. The Balaban J connectivity index is 6.80. The highest BCUT2D eigenvalue weighted by molar-refractivity contribution is 5.19. The van der Waals surface area contributed by atoms with Crippen LogP contribution in [0.4, 0.5) is 52.7 Å². The number of hydrogen-bond acceptors (Lipinski definition) is 0. The largest absolute Gasteiger partial charge is 0.435 e. The van der Waals surface area contributed by atoms with Gasteiger partial charge in [-0.15, -0.1) is 0 Å². The first kappa shape index (κ1) is 21.2. The van der Waals surface area contributed by atoms with Gasteiger partial charge in [0.2, 0.25) is 11.8 Å². The summed E-state index contributed by atoms with van der Waals surface area (Å²) >= 11 is 0. The summed E-state index contributed by atoms with van der Waals surface area (Å²) in [5, 5.41) is 0. The van der Waals surface area contributed by atoms with Gasteiger partial charge in [0.25, 0.3) is 0 Å². The van der Waals surface area contributed by atoms with Gasteiger partial charge in [-0.05, 0) is 0 Å². The molecule has 2 atom stereocenters. The second-order valence-electron chi connectivity index (χ2n) is 5.52. The second kappa shape index (κ2) is 5.08. The molecule has 0 fully saturated rings. The van der Waals surface area contributed by atoms with Crippen molar-refractivity contribution in [1.82, 2.24) is 0 Å². The maximum Gasteiger partial charge on any atom is 0.435 e. The van der Waals surface area contributed by atoms with E-state index in [1.165, 1.54) is 0 Å². The van der Waals surface area contributed by atoms with Crippen molar-refractivity contribution >= 4 is 0 Å². The first-order chi connectivity index (χ1) is 9.15. The lowest BCUT2D eigenvalue weighted by Gasteiger charge is -2.49. The first-order valence-corrected chi connectivity index (χ1v) is 5.37. The molecule has 0 aromatic heterocycles. The average Bonchev–Trinajstić information content (AvgIpc) is 2.19. The van der Waals surface area contributed by atoms with Gasteiger partial charge in [0.05, 0.1) is 0 Å². The summed E-state index contributed by atoms with van der Waals surface area (Å²) < 4.78 is 153. The number of rotatable bonds is 2. The van der Waals surface area contributed by atoms with Gasteiger partial charge < -0.3 is 0 Å². The highest BCUT2D eigenvalue weighted by Crippen LogP contribution is 2.62. The Kier molecular flexibility index (Phi) is 4.89. The lowest BCUT2D eigenvalue weighted by molar-refractivity contribution is -0.407. The number of halogens is 12. The van der Waals surface area contributed by atoms with Gasteiger partial charge in [-0.2, -0.15) is 39.5 Å². The van der Waals surface area contributed by atoms with Crippen molar-refractivity contribution < 1.29 is 52.7 Å². The van der Waals surface area contributed by atoms with Gasteiger partial charge in [0.1, 0.15) is 0 Å². The summed E-state index contributed by atoms with van der Waals surface area (Å²) in [6.45, 7) is 0.283. The molecule has 12 heteroatoms. The maximum atomic E-state index is 14.3. The Morgan fingerprint density at radius 2 is 0.864 bits per heavy atom. The lowest BCUT2D eigenvalue weighted by atomic mass is 9.65. The minimum Gasteiger partial charge on any atom is -0.235 e. The van der Waals surface area contributed by atoms with Crippen LogP contribution in [-0.2, 0) is 0 Å². The third kappa shape index (κ3) is 2.84. The van der Waals surface area contributed by atoms with Crippen LogP contribution in [0.5, 0.6) is 0 Å². The molecule has 0 saturated carbocycles. The summed E-state index contributed by atoms with van der Waals surface area (Å²) in [4.78, 5) is 0. The van der Waals surface area contributed by atoms with Gasteiger partial charge in [-0.3, -0.25) is 0 Å². The van der Waals surface area contributed by atoms with E-state index in [0.29, 0.717) is 0 Å². The van der Waals surface area contributed by atoms with E-state index < -0.39 is 41.5 Å². The third-order valence-corrected chi connectivity index (χ3v) is 3.01. The van der Waals surface area contributed by atoms with Gasteiger partial charge in [0.15, 0.2) is 0 Å². The zero-order valence-corrected chi connectivity index (χ0v) is 11.1. The van der Waals surface area contributed by atoms with E-state index in [1.807, 2.05) is 0 Å². The van der Waals surface area contributed by atoms with Gasteiger partial charge in [0, 0.05) is 5.41 Å². The molecule has 0 heterocycles. The fourth-order valence-electron chi connectivity index (χ4n) is 1.87. The van der Waals surface area contributed by atoms with E-state index >= 15 is 0 Å². The summed E-state index contributed by atoms with van der Waals surface area (Å²) in [5.41, 5.74) is -16.4. The molecule has 0 radical (unpaired) electrons. The molecular weight excluding hydrogens is 348 g/mol. The van der Waals surface area contributed by atoms with E-state index in [2.05, 4.69) is 0 Å². The molecule has 0 aromatic rings. The Labute approximate surface area is 116 Å². The van der Waals surface area contributed by atoms with Crippen LogP contribution in [0.1, 0.15) is 20.8 Å². The van der Waals surface area contributed by atoms with Crippen LogP contribution in [-0.4, -0.2) is 36.0 Å². The highest BCUT2D eigenvalue weighted by atomic mass is 19.4. The van der Waals surface area contributed by atoms with E-state index in [9.17, 15) is 52.7 Å². The van der Waals surface area contributed by atoms with Crippen LogP contribution in [0.15, 0.2) is 0 Å². The normalized spacial score (nSPS) is 19.8. The lowest BCUT2D eigenvalue weighted by Crippen LogP contribution is -2.75. The SMILES string of the molecule is CC(C)(C)C(F)(C(F)C(F)(F)F)C(F)(C(F)(F)F)C(F)(F)F. The number of alkyl halides is 12. The summed E-state index contributed by atoms with van der Waals surface area (Å²) in [7, 11) is 0. The summed E-state index contributed by atoms with van der Waals surface area (Å²) in [5.74, 6) is 0. The highest BCUT2D eigenvalue weighted by Gasteiger charge is 2.88. The smallest absolute Gasteiger partial charge is 0.235 e. The fraction of sp³-hybridized carbons (Fsp3) is 1.00. The average molecular weight is 358 g/mol. The van der Waals surface area contributed by atoms with Crippen molar-refractivity contribution in [3.63, 3.8) is 0 Å². The molecule has 22 heavy (non-hydrogen) atoms. The van der Waals surface area contributed by atoms with E-state index in [-0.39, 0.29) is 20.8 Å². The van der Waals surface area contributed by atoms with Gasteiger partial charge >= 0.3 is 24.2 Å². The van der Waals surface area contributed by atoms with E-state index in [0.717, 1.165) is 0 Å². The second-order valence-corrected chi connectivity index (χ2v) is 5.52. The van der Waals surface area contributed by atoms with Crippen molar-refractivity contribution in [2.45, 2.75) is 56.8 Å². The Morgan fingerprint density at radius 3 is 1.00 bits per heavy atom. The Hall–Kier alpha value is -0.840. The third-order valence-electron chi connectivity index (χ3n) is 3.01. The van der Waals surface area contributed by atoms with Crippen molar-refractivity contribution in [3.8, 4) is 0 Å². The van der Waals surface area contributed by atoms with Crippen LogP contribution in [0.2, 0.25) is 0 Å². The van der Waals surface area contributed by atoms with Crippen LogP contribution < -0.4 is 0 Å². The van der Waals surface area contributed by atoms with Crippen molar-refractivity contribution in [2.75, 3.05) is 0 Å². The first-order valence-electron chi connectivity index (χ1n) is 5.37. The summed E-state index contributed by atoms with van der Waals surface area (Å²) in [6, 6.07) is 0. The van der Waals surface area contributed by atoms with Gasteiger partial charge in [-0.25, -0.2) is 13.2 Å². The minimum atomic E-state index is -7.18. The predicted octanol–water partition coefficient (Wildman–Crippen LogP) is 5.47. The molecule has 0 spiro atoms. The standard InChI is InChI=1S/C10H10F12/c1-5(2,3)6(12,4(11)7(13,14)15)8(16,9(17,18)19)10(20,21)22/h4H,1-3H3. The van der Waals surface area contributed by atoms with Crippen molar-refractivity contribution in [1.29, 1.82) is 0 Å². The molecule has 0 amide bonds. The van der Waals surface area contributed by atoms with Gasteiger partial charge in [-0.1, -0.05) is 20.8 Å². The molecule has 0 rings (SSSR count). The molecule has 2 unspecified atom stereocenters.